The number of non-ortho nitro benzene ring substituents is 1. The normalized spacial score (nSPS) is 10.3. The second-order valence-electron chi connectivity index (χ2n) is 5.49. The number of amides is 1. The third-order valence-electron chi connectivity index (χ3n) is 3.68. The number of hydrogen-bond donors (Lipinski definition) is 1. The molecule has 1 N–H and O–H groups in total. The van der Waals surface area contributed by atoms with Crippen LogP contribution in [-0.4, -0.2) is 23.4 Å². The summed E-state index contributed by atoms with van der Waals surface area (Å²) in [5.74, 6) is -1.20. The first-order valence-corrected chi connectivity index (χ1v) is 7.73. The van der Waals surface area contributed by atoms with Gasteiger partial charge >= 0.3 is 5.97 Å². The number of ether oxygens (including phenoxy) is 1. The van der Waals surface area contributed by atoms with Gasteiger partial charge in [0.15, 0.2) is 6.61 Å². The van der Waals surface area contributed by atoms with Gasteiger partial charge in [0.1, 0.15) is 0 Å². The van der Waals surface area contributed by atoms with Crippen LogP contribution in [0, 0.1) is 10.1 Å². The summed E-state index contributed by atoms with van der Waals surface area (Å²) in [6.07, 6.45) is 0. The fourth-order valence-electron chi connectivity index (χ4n) is 2.40. The van der Waals surface area contributed by atoms with Gasteiger partial charge in [0.2, 0.25) is 0 Å². The van der Waals surface area contributed by atoms with Crippen molar-refractivity contribution < 1.29 is 19.2 Å². The Morgan fingerprint density at radius 3 is 2.35 bits per heavy atom. The zero-order valence-electron chi connectivity index (χ0n) is 13.5. The number of esters is 1. The van der Waals surface area contributed by atoms with Gasteiger partial charge in [0, 0.05) is 17.8 Å². The van der Waals surface area contributed by atoms with Crippen LogP contribution in [0.2, 0.25) is 0 Å². The summed E-state index contributed by atoms with van der Waals surface area (Å²) in [6, 6.07) is 18.2. The first-order valence-electron chi connectivity index (χ1n) is 7.73. The van der Waals surface area contributed by atoms with Gasteiger partial charge in [0.25, 0.3) is 11.6 Å². The predicted octanol–water partition coefficient (Wildman–Crippen LogP) is 3.54. The molecule has 0 fully saturated rings. The van der Waals surface area contributed by atoms with Crippen LogP contribution >= 0.6 is 0 Å². The van der Waals surface area contributed by atoms with Crippen LogP contribution in [0.1, 0.15) is 10.4 Å². The van der Waals surface area contributed by atoms with Crippen molar-refractivity contribution in [1.29, 1.82) is 0 Å². The van der Waals surface area contributed by atoms with E-state index in [0.717, 1.165) is 10.8 Å². The lowest BCUT2D eigenvalue weighted by Crippen LogP contribution is -2.20. The predicted molar refractivity (Wildman–Crippen MR) is 96.0 cm³/mol. The van der Waals surface area contributed by atoms with Gasteiger partial charge in [0.05, 0.1) is 10.5 Å². The van der Waals surface area contributed by atoms with Crippen molar-refractivity contribution in [2.75, 3.05) is 11.9 Å². The number of hydrogen-bond acceptors (Lipinski definition) is 5. The van der Waals surface area contributed by atoms with Crippen molar-refractivity contribution >= 4 is 34.0 Å². The number of anilines is 1. The van der Waals surface area contributed by atoms with Crippen LogP contribution in [-0.2, 0) is 9.53 Å². The van der Waals surface area contributed by atoms with Gasteiger partial charge in [-0.1, -0.05) is 30.3 Å². The van der Waals surface area contributed by atoms with Crippen LogP contribution in [0.3, 0.4) is 0 Å². The third-order valence-corrected chi connectivity index (χ3v) is 3.68. The molecule has 26 heavy (non-hydrogen) atoms. The van der Waals surface area contributed by atoms with Crippen LogP contribution in [0.15, 0.2) is 66.7 Å². The Morgan fingerprint density at radius 1 is 0.962 bits per heavy atom. The monoisotopic (exact) mass is 350 g/mol. The van der Waals surface area contributed by atoms with Crippen molar-refractivity contribution in [3.8, 4) is 0 Å². The third kappa shape index (κ3) is 4.02. The van der Waals surface area contributed by atoms with Gasteiger partial charge in [-0.25, -0.2) is 4.79 Å². The minimum Gasteiger partial charge on any atom is -0.452 e. The molecule has 0 atom stereocenters. The summed E-state index contributed by atoms with van der Waals surface area (Å²) in [6.45, 7) is -0.456. The van der Waals surface area contributed by atoms with E-state index in [4.69, 9.17) is 4.74 Å². The highest BCUT2D eigenvalue weighted by atomic mass is 16.6. The number of nitrogens with zero attached hydrogens (tertiary/aromatic N) is 1. The van der Waals surface area contributed by atoms with Crippen molar-refractivity contribution in [2.24, 2.45) is 0 Å². The van der Waals surface area contributed by atoms with E-state index in [-0.39, 0.29) is 11.3 Å². The van der Waals surface area contributed by atoms with E-state index in [2.05, 4.69) is 5.32 Å². The summed E-state index contributed by atoms with van der Waals surface area (Å²) in [5.41, 5.74) is 0.602. The Labute approximate surface area is 148 Å². The molecule has 0 aliphatic heterocycles. The summed E-state index contributed by atoms with van der Waals surface area (Å²) in [5, 5.41) is 15.3. The van der Waals surface area contributed by atoms with E-state index < -0.39 is 23.4 Å². The molecule has 3 aromatic rings. The number of nitro groups is 1. The molecule has 7 heteroatoms. The van der Waals surface area contributed by atoms with Gasteiger partial charge in [-0.05, 0) is 35.0 Å². The Kier molecular flexibility index (Phi) is 4.89. The number of carbonyl (C=O) groups excluding carboxylic acids is 2. The van der Waals surface area contributed by atoms with E-state index in [1.165, 1.54) is 24.3 Å². The second kappa shape index (κ2) is 7.43. The van der Waals surface area contributed by atoms with Crippen LogP contribution in [0.25, 0.3) is 10.8 Å². The molecule has 7 nitrogen and oxygen atoms in total. The lowest BCUT2D eigenvalue weighted by Gasteiger charge is -2.07. The Hall–Kier alpha value is -3.74. The minimum absolute atomic E-state index is 0.129. The first kappa shape index (κ1) is 17.1. The number of carbonyl (C=O) groups is 2. The molecule has 0 spiro atoms. The number of nitro benzene ring substituents is 1. The SMILES string of the molecule is O=C(COC(=O)c1ccc([N+](=O)[O-])cc1)Nc1ccc2ccccc2c1. The van der Waals surface area contributed by atoms with Crippen molar-refractivity contribution in [1.82, 2.24) is 0 Å². The molecule has 0 saturated carbocycles. The highest BCUT2D eigenvalue weighted by Crippen LogP contribution is 2.19. The van der Waals surface area contributed by atoms with E-state index >= 15 is 0 Å². The zero-order chi connectivity index (χ0) is 18.5. The van der Waals surface area contributed by atoms with Crippen molar-refractivity contribution in [2.45, 2.75) is 0 Å². The fraction of sp³-hybridized carbons (Fsp3) is 0.0526. The highest BCUT2D eigenvalue weighted by Gasteiger charge is 2.12. The molecule has 0 heterocycles. The number of fused-ring (bicyclic) bond motifs is 1. The minimum atomic E-state index is -0.728. The standard InChI is InChI=1S/C19H14N2O5/c22-18(20-16-8-5-13-3-1-2-4-15(13)11-16)12-26-19(23)14-6-9-17(10-7-14)21(24)25/h1-11H,12H2,(H,20,22). The average molecular weight is 350 g/mol. The molecule has 0 unspecified atom stereocenters. The second-order valence-corrected chi connectivity index (χ2v) is 5.49. The molecular weight excluding hydrogens is 336 g/mol. The number of rotatable bonds is 5. The zero-order valence-corrected chi connectivity index (χ0v) is 13.5. The van der Waals surface area contributed by atoms with Crippen LogP contribution in [0.4, 0.5) is 11.4 Å². The summed E-state index contributed by atoms with van der Waals surface area (Å²) in [4.78, 5) is 33.9. The number of nitrogens with one attached hydrogen (secondary N) is 1. The lowest BCUT2D eigenvalue weighted by molar-refractivity contribution is -0.384. The first-order chi connectivity index (χ1) is 12.5. The maximum Gasteiger partial charge on any atom is 0.338 e. The largest absolute Gasteiger partial charge is 0.452 e. The molecule has 0 radical (unpaired) electrons. The van der Waals surface area contributed by atoms with Gasteiger partial charge in [-0.15, -0.1) is 0 Å². The number of benzene rings is 3. The van der Waals surface area contributed by atoms with Gasteiger partial charge < -0.3 is 10.1 Å². The molecule has 0 saturated heterocycles. The van der Waals surface area contributed by atoms with Gasteiger partial charge in [-0.3, -0.25) is 14.9 Å². The fourth-order valence-corrected chi connectivity index (χ4v) is 2.40. The summed E-state index contributed by atoms with van der Waals surface area (Å²) in [7, 11) is 0. The van der Waals surface area contributed by atoms with E-state index in [9.17, 15) is 19.7 Å². The molecule has 3 rings (SSSR count). The van der Waals surface area contributed by atoms with Crippen LogP contribution < -0.4 is 5.32 Å². The maximum absolute atomic E-state index is 12.0. The molecule has 0 aromatic heterocycles. The molecule has 130 valence electrons. The maximum atomic E-state index is 12.0. The van der Waals surface area contributed by atoms with E-state index in [1.807, 2.05) is 36.4 Å². The lowest BCUT2D eigenvalue weighted by atomic mass is 10.1. The molecule has 1 amide bonds. The van der Waals surface area contributed by atoms with E-state index in [0.29, 0.717) is 5.69 Å². The smallest absolute Gasteiger partial charge is 0.338 e. The quantitative estimate of drug-likeness (QED) is 0.431. The Bertz CT molecular complexity index is 983. The van der Waals surface area contributed by atoms with Crippen molar-refractivity contribution in [3.05, 3.63) is 82.4 Å². The van der Waals surface area contributed by atoms with E-state index in [1.54, 1.807) is 6.07 Å². The van der Waals surface area contributed by atoms with Crippen molar-refractivity contribution in [3.63, 3.8) is 0 Å². The Morgan fingerprint density at radius 2 is 1.65 bits per heavy atom. The molecule has 3 aromatic carbocycles. The van der Waals surface area contributed by atoms with Gasteiger partial charge in [-0.2, -0.15) is 0 Å². The topological polar surface area (TPSA) is 98.5 Å². The van der Waals surface area contributed by atoms with Crippen LogP contribution in [0.5, 0.6) is 0 Å². The molecule has 0 bridgehead atoms. The average Bonchev–Trinajstić information content (AvgIpc) is 2.66. The summed E-state index contributed by atoms with van der Waals surface area (Å²) >= 11 is 0. The Balaban J connectivity index is 1.57. The molecular formula is C19H14N2O5. The highest BCUT2D eigenvalue weighted by molar-refractivity contribution is 5.97. The summed E-state index contributed by atoms with van der Waals surface area (Å²) < 4.78 is 4.93. The molecule has 0 aliphatic carbocycles. The molecule has 0 aliphatic rings.